The lowest BCUT2D eigenvalue weighted by Crippen LogP contribution is -2.28. The molecule has 6 nitrogen and oxygen atoms in total. The first kappa shape index (κ1) is 13.2. The largest absolute Gasteiger partial charge is 0.393 e. The number of nitrogen functional groups attached to an aromatic ring is 1. The first-order valence-electron chi connectivity index (χ1n) is 5.59. The summed E-state index contributed by atoms with van der Waals surface area (Å²) in [5.41, 5.74) is 12.1. The number of nitro groups is 1. The van der Waals surface area contributed by atoms with E-state index in [0.29, 0.717) is 6.54 Å². The maximum absolute atomic E-state index is 10.6. The molecule has 1 aromatic carbocycles. The average molecular weight is 238 g/mol. The fourth-order valence-electron chi connectivity index (χ4n) is 1.64. The summed E-state index contributed by atoms with van der Waals surface area (Å²) >= 11 is 0. The second-order valence-corrected chi connectivity index (χ2v) is 3.90. The fraction of sp³-hybridized carbons (Fsp3) is 0.455. The molecule has 1 rings (SSSR count). The van der Waals surface area contributed by atoms with Crippen LogP contribution in [0.5, 0.6) is 0 Å². The van der Waals surface area contributed by atoms with E-state index in [9.17, 15) is 10.1 Å². The topological polar surface area (TPSA) is 107 Å². The number of nitrogens with two attached hydrogens (primary N) is 2. The van der Waals surface area contributed by atoms with E-state index in [0.717, 1.165) is 18.5 Å². The first-order valence-corrected chi connectivity index (χ1v) is 5.59. The Kier molecular flexibility index (Phi) is 4.71. The molecule has 5 N–H and O–H groups in total. The SMILES string of the molecule is CCCC(CN)Nc1ccc([N+](=O)[O-])c(N)c1. The van der Waals surface area contributed by atoms with Crippen molar-refractivity contribution in [3.63, 3.8) is 0 Å². The predicted octanol–water partition coefficient (Wildman–Crippen LogP) is 1.72. The molecule has 0 bridgehead atoms. The standard InChI is InChI=1S/C11H18N4O2/c1-2-3-9(7-12)14-8-4-5-11(15(16)17)10(13)6-8/h4-6,9,14H,2-3,7,12-13H2,1H3. The molecule has 0 saturated carbocycles. The molecule has 0 aromatic heterocycles. The first-order chi connectivity index (χ1) is 8.08. The number of nitrogens with zero attached hydrogens (tertiary/aromatic N) is 1. The number of anilines is 2. The smallest absolute Gasteiger partial charge is 0.292 e. The Morgan fingerprint density at radius 3 is 2.71 bits per heavy atom. The van der Waals surface area contributed by atoms with Crippen LogP contribution in [0.4, 0.5) is 17.1 Å². The Bertz CT molecular complexity index is 395. The third kappa shape index (κ3) is 3.60. The molecule has 0 radical (unpaired) electrons. The molecule has 0 aliphatic carbocycles. The van der Waals surface area contributed by atoms with E-state index >= 15 is 0 Å². The number of benzene rings is 1. The minimum atomic E-state index is -0.494. The molecule has 0 fully saturated rings. The van der Waals surface area contributed by atoms with Crippen LogP contribution in [0.15, 0.2) is 18.2 Å². The Labute approximate surface area is 100 Å². The van der Waals surface area contributed by atoms with Gasteiger partial charge in [-0.25, -0.2) is 0 Å². The number of nitro benzene ring substituents is 1. The zero-order chi connectivity index (χ0) is 12.8. The summed E-state index contributed by atoms with van der Waals surface area (Å²) in [6.07, 6.45) is 1.98. The zero-order valence-electron chi connectivity index (χ0n) is 9.85. The number of nitrogens with one attached hydrogen (secondary N) is 1. The van der Waals surface area contributed by atoms with E-state index in [2.05, 4.69) is 12.2 Å². The van der Waals surface area contributed by atoms with Gasteiger partial charge in [-0.3, -0.25) is 10.1 Å². The molecule has 0 spiro atoms. The summed E-state index contributed by atoms with van der Waals surface area (Å²) in [5.74, 6) is 0. The third-order valence-corrected chi connectivity index (χ3v) is 2.52. The van der Waals surface area contributed by atoms with Gasteiger partial charge in [0.1, 0.15) is 5.69 Å². The lowest BCUT2D eigenvalue weighted by Gasteiger charge is -2.17. The average Bonchev–Trinajstić information content (AvgIpc) is 2.28. The van der Waals surface area contributed by atoms with Crippen molar-refractivity contribution in [1.29, 1.82) is 0 Å². The van der Waals surface area contributed by atoms with E-state index in [4.69, 9.17) is 11.5 Å². The molecule has 17 heavy (non-hydrogen) atoms. The highest BCUT2D eigenvalue weighted by atomic mass is 16.6. The van der Waals surface area contributed by atoms with Gasteiger partial charge in [0, 0.05) is 24.3 Å². The zero-order valence-corrected chi connectivity index (χ0v) is 9.85. The lowest BCUT2D eigenvalue weighted by molar-refractivity contribution is -0.383. The maximum atomic E-state index is 10.6. The minimum Gasteiger partial charge on any atom is -0.393 e. The number of rotatable bonds is 6. The van der Waals surface area contributed by atoms with E-state index in [-0.39, 0.29) is 17.4 Å². The fourth-order valence-corrected chi connectivity index (χ4v) is 1.64. The Morgan fingerprint density at radius 2 is 2.24 bits per heavy atom. The van der Waals surface area contributed by atoms with Crippen molar-refractivity contribution in [2.24, 2.45) is 5.73 Å². The van der Waals surface area contributed by atoms with Crippen molar-refractivity contribution in [3.8, 4) is 0 Å². The molecule has 0 aliphatic heterocycles. The monoisotopic (exact) mass is 238 g/mol. The van der Waals surface area contributed by atoms with Gasteiger partial charge in [-0.05, 0) is 18.6 Å². The summed E-state index contributed by atoms with van der Waals surface area (Å²) in [4.78, 5) is 10.1. The van der Waals surface area contributed by atoms with Crippen molar-refractivity contribution in [3.05, 3.63) is 28.3 Å². The van der Waals surface area contributed by atoms with Crippen LogP contribution in [0.2, 0.25) is 0 Å². The van der Waals surface area contributed by atoms with Gasteiger partial charge in [0.15, 0.2) is 0 Å². The number of hydrogen-bond donors (Lipinski definition) is 3. The molecule has 1 unspecified atom stereocenters. The molecule has 94 valence electrons. The molecule has 1 atom stereocenters. The molecular formula is C11H18N4O2. The van der Waals surface area contributed by atoms with E-state index in [1.807, 2.05) is 0 Å². The van der Waals surface area contributed by atoms with Crippen LogP contribution < -0.4 is 16.8 Å². The molecular weight excluding hydrogens is 220 g/mol. The molecule has 1 aromatic rings. The van der Waals surface area contributed by atoms with Crippen LogP contribution in [0.25, 0.3) is 0 Å². The van der Waals surface area contributed by atoms with Gasteiger partial charge in [0.05, 0.1) is 4.92 Å². The van der Waals surface area contributed by atoms with Crippen LogP contribution in [0, 0.1) is 10.1 Å². The lowest BCUT2D eigenvalue weighted by atomic mass is 10.1. The van der Waals surface area contributed by atoms with Gasteiger partial charge in [0.2, 0.25) is 0 Å². The Balaban J connectivity index is 2.79. The van der Waals surface area contributed by atoms with Crippen LogP contribution in [0.3, 0.4) is 0 Å². The summed E-state index contributed by atoms with van der Waals surface area (Å²) in [5, 5.41) is 13.8. The molecule has 0 amide bonds. The summed E-state index contributed by atoms with van der Waals surface area (Å²) in [6, 6.07) is 4.78. The summed E-state index contributed by atoms with van der Waals surface area (Å²) < 4.78 is 0. The van der Waals surface area contributed by atoms with E-state index < -0.39 is 4.92 Å². The highest BCUT2D eigenvalue weighted by molar-refractivity contribution is 5.66. The van der Waals surface area contributed by atoms with Gasteiger partial charge >= 0.3 is 0 Å². The van der Waals surface area contributed by atoms with Crippen molar-refractivity contribution in [2.45, 2.75) is 25.8 Å². The van der Waals surface area contributed by atoms with Crippen LogP contribution >= 0.6 is 0 Å². The van der Waals surface area contributed by atoms with Crippen molar-refractivity contribution >= 4 is 17.1 Å². The van der Waals surface area contributed by atoms with E-state index in [1.165, 1.54) is 6.07 Å². The van der Waals surface area contributed by atoms with Gasteiger partial charge in [0.25, 0.3) is 5.69 Å². The second-order valence-electron chi connectivity index (χ2n) is 3.90. The van der Waals surface area contributed by atoms with Gasteiger partial charge in [-0.1, -0.05) is 13.3 Å². The predicted molar refractivity (Wildman–Crippen MR) is 68.9 cm³/mol. The Hall–Kier alpha value is -1.82. The van der Waals surface area contributed by atoms with Crippen molar-refractivity contribution < 1.29 is 4.92 Å². The van der Waals surface area contributed by atoms with Crippen LogP contribution in [-0.4, -0.2) is 17.5 Å². The molecule has 0 saturated heterocycles. The highest BCUT2D eigenvalue weighted by Crippen LogP contribution is 2.25. The normalized spacial score (nSPS) is 12.1. The molecule has 0 aliphatic rings. The van der Waals surface area contributed by atoms with Gasteiger partial charge < -0.3 is 16.8 Å². The van der Waals surface area contributed by atoms with Gasteiger partial charge in [-0.15, -0.1) is 0 Å². The minimum absolute atomic E-state index is 0.0738. The van der Waals surface area contributed by atoms with Crippen LogP contribution in [-0.2, 0) is 0 Å². The Morgan fingerprint density at radius 1 is 1.53 bits per heavy atom. The summed E-state index contributed by atoms with van der Waals surface area (Å²) in [7, 11) is 0. The summed E-state index contributed by atoms with van der Waals surface area (Å²) in [6.45, 7) is 2.60. The van der Waals surface area contributed by atoms with Crippen LogP contribution in [0.1, 0.15) is 19.8 Å². The van der Waals surface area contributed by atoms with Gasteiger partial charge in [-0.2, -0.15) is 0 Å². The third-order valence-electron chi connectivity index (χ3n) is 2.52. The van der Waals surface area contributed by atoms with E-state index in [1.54, 1.807) is 12.1 Å². The molecule has 0 heterocycles. The highest BCUT2D eigenvalue weighted by Gasteiger charge is 2.12. The quantitative estimate of drug-likeness (QED) is 0.397. The second kappa shape index (κ2) is 6.05. The van der Waals surface area contributed by atoms with Crippen molar-refractivity contribution in [2.75, 3.05) is 17.6 Å². The van der Waals surface area contributed by atoms with Crippen molar-refractivity contribution in [1.82, 2.24) is 0 Å². The molecule has 6 heteroatoms. The maximum Gasteiger partial charge on any atom is 0.292 e. The number of hydrogen-bond acceptors (Lipinski definition) is 5.